The summed E-state index contributed by atoms with van der Waals surface area (Å²) in [6, 6.07) is 3.65. The maximum absolute atomic E-state index is 10.3. The third-order valence-electron chi connectivity index (χ3n) is 5.33. The lowest BCUT2D eigenvalue weighted by Gasteiger charge is -2.16. The van der Waals surface area contributed by atoms with Crippen molar-refractivity contribution in [2.24, 2.45) is 0 Å². The molecule has 0 radical (unpaired) electrons. The number of hydrogen-bond donors (Lipinski definition) is 4. The summed E-state index contributed by atoms with van der Waals surface area (Å²) in [6.07, 6.45) is -1.49. The van der Waals surface area contributed by atoms with Gasteiger partial charge in [-0.05, 0) is 17.7 Å². The molecule has 0 bridgehead atoms. The Hall–Kier alpha value is -3.19. The van der Waals surface area contributed by atoms with Crippen LogP contribution in [0.1, 0.15) is 11.8 Å². The van der Waals surface area contributed by atoms with Crippen LogP contribution in [0.5, 0.6) is 17.2 Å². The number of ether oxygens (including phenoxy) is 4. The van der Waals surface area contributed by atoms with E-state index in [2.05, 4.69) is 20.3 Å². The summed E-state index contributed by atoms with van der Waals surface area (Å²) in [5, 5.41) is 32.9. The number of rotatable bonds is 8. The predicted octanol–water partition coefficient (Wildman–Crippen LogP) is 0.0757. The van der Waals surface area contributed by atoms with Crippen LogP contribution in [0.15, 0.2) is 24.8 Å². The highest BCUT2D eigenvalue weighted by Gasteiger charge is 2.44. The van der Waals surface area contributed by atoms with Gasteiger partial charge in [-0.2, -0.15) is 0 Å². The van der Waals surface area contributed by atoms with Crippen molar-refractivity contribution in [2.45, 2.75) is 31.1 Å². The molecule has 3 heterocycles. The van der Waals surface area contributed by atoms with Crippen molar-refractivity contribution in [3.63, 3.8) is 0 Å². The van der Waals surface area contributed by atoms with Crippen molar-refractivity contribution < 1.29 is 34.3 Å². The standard InChI is InChI=1S/C20H25N5O7/c1-29-11-4-10(5-12(30-2)17(11)31-3)6-21-18-14-19(23-8-22-18)25(9-24-14)20-16(28)15(27)13(7-26)32-20/h4-5,8-9,13,15-16,20,26-28H,6-7H2,1-3H3,(H,21,22,23)/t13-,15-,16+,20?/m1/s1. The number of fused-ring (bicyclic) bond motifs is 1. The van der Waals surface area contributed by atoms with Gasteiger partial charge in [-0.25, -0.2) is 15.0 Å². The average Bonchev–Trinajstić information content (AvgIpc) is 3.37. The molecule has 4 rings (SSSR count). The maximum Gasteiger partial charge on any atom is 0.203 e. The number of nitrogens with zero attached hydrogens (tertiary/aromatic N) is 4. The fourth-order valence-electron chi connectivity index (χ4n) is 3.70. The van der Waals surface area contributed by atoms with Crippen LogP contribution >= 0.6 is 0 Å². The number of aliphatic hydroxyl groups is 3. The molecule has 0 amide bonds. The molecule has 32 heavy (non-hydrogen) atoms. The zero-order valence-electron chi connectivity index (χ0n) is 17.8. The topological polar surface area (TPSA) is 153 Å². The molecule has 12 nitrogen and oxygen atoms in total. The van der Waals surface area contributed by atoms with Gasteiger partial charge in [-0.1, -0.05) is 0 Å². The summed E-state index contributed by atoms with van der Waals surface area (Å²) in [6.45, 7) is -0.0402. The summed E-state index contributed by atoms with van der Waals surface area (Å²) in [7, 11) is 4.64. The summed E-state index contributed by atoms with van der Waals surface area (Å²) in [5.41, 5.74) is 1.72. The van der Waals surface area contributed by atoms with Crippen LogP contribution in [-0.2, 0) is 11.3 Å². The Kier molecular flexibility index (Phi) is 6.28. The molecule has 2 aromatic heterocycles. The van der Waals surface area contributed by atoms with Gasteiger partial charge in [-0.15, -0.1) is 0 Å². The second-order valence-electron chi connectivity index (χ2n) is 7.16. The predicted molar refractivity (Wildman–Crippen MR) is 112 cm³/mol. The van der Waals surface area contributed by atoms with Crippen molar-refractivity contribution in [3.05, 3.63) is 30.4 Å². The molecule has 0 aliphatic carbocycles. The quantitative estimate of drug-likeness (QED) is 0.371. The highest BCUT2D eigenvalue weighted by atomic mass is 16.6. The molecule has 12 heteroatoms. The van der Waals surface area contributed by atoms with Gasteiger partial charge in [0.25, 0.3) is 0 Å². The zero-order chi connectivity index (χ0) is 22.8. The number of aromatic nitrogens is 4. The molecular formula is C20H25N5O7. The van der Waals surface area contributed by atoms with Gasteiger partial charge in [0.1, 0.15) is 24.6 Å². The van der Waals surface area contributed by atoms with Gasteiger partial charge in [0.05, 0.1) is 34.3 Å². The fraction of sp³-hybridized carbons (Fsp3) is 0.450. The molecule has 1 aromatic carbocycles. The minimum atomic E-state index is -1.24. The van der Waals surface area contributed by atoms with Crippen LogP contribution < -0.4 is 19.5 Å². The van der Waals surface area contributed by atoms with Gasteiger partial charge in [0, 0.05) is 6.54 Å². The highest BCUT2D eigenvalue weighted by Crippen LogP contribution is 2.38. The Morgan fingerprint density at radius 2 is 1.75 bits per heavy atom. The number of nitrogens with one attached hydrogen (secondary N) is 1. The van der Waals surface area contributed by atoms with Crippen molar-refractivity contribution in [1.29, 1.82) is 0 Å². The monoisotopic (exact) mass is 447 g/mol. The van der Waals surface area contributed by atoms with Gasteiger partial charge < -0.3 is 39.6 Å². The van der Waals surface area contributed by atoms with Crippen LogP contribution in [0.3, 0.4) is 0 Å². The van der Waals surface area contributed by atoms with E-state index in [1.807, 2.05) is 12.1 Å². The first-order valence-electron chi connectivity index (χ1n) is 9.85. The Morgan fingerprint density at radius 3 is 2.34 bits per heavy atom. The Bertz CT molecular complexity index is 1070. The van der Waals surface area contributed by atoms with Crippen LogP contribution in [0.4, 0.5) is 5.82 Å². The summed E-state index contributed by atoms with van der Waals surface area (Å²) in [4.78, 5) is 12.9. The van der Waals surface area contributed by atoms with Crippen molar-refractivity contribution >= 4 is 17.0 Å². The van der Waals surface area contributed by atoms with Crippen LogP contribution in [0.25, 0.3) is 11.2 Å². The van der Waals surface area contributed by atoms with E-state index < -0.39 is 31.1 Å². The second-order valence-corrected chi connectivity index (χ2v) is 7.16. The lowest BCUT2D eigenvalue weighted by Crippen LogP contribution is -2.33. The molecule has 0 spiro atoms. The largest absolute Gasteiger partial charge is 0.493 e. The number of benzene rings is 1. The SMILES string of the molecule is COc1cc(CNc2ncnc3c2ncn3C2O[C@H](CO)[C@@H](O)[C@@H]2O)cc(OC)c1OC. The fourth-order valence-corrected chi connectivity index (χ4v) is 3.70. The molecule has 1 saturated heterocycles. The first kappa shape index (κ1) is 22.0. The Morgan fingerprint density at radius 1 is 1.03 bits per heavy atom. The molecule has 4 N–H and O–H groups in total. The molecule has 4 atom stereocenters. The van der Waals surface area contributed by atoms with Crippen molar-refractivity contribution in [1.82, 2.24) is 19.5 Å². The highest BCUT2D eigenvalue weighted by molar-refractivity contribution is 5.82. The number of aliphatic hydroxyl groups excluding tert-OH is 3. The minimum absolute atomic E-state index is 0.379. The molecule has 1 aliphatic rings. The summed E-state index contributed by atoms with van der Waals surface area (Å²) in [5.74, 6) is 2.03. The third kappa shape index (κ3) is 3.77. The molecule has 3 aromatic rings. The second kappa shape index (κ2) is 9.12. The van der Waals surface area contributed by atoms with E-state index in [9.17, 15) is 15.3 Å². The van der Waals surface area contributed by atoms with Crippen LogP contribution in [0, 0.1) is 0 Å². The Balaban J connectivity index is 1.59. The first-order chi connectivity index (χ1) is 15.5. The lowest BCUT2D eigenvalue weighted by atomic mass is 10.1. The lowest BCUT2D eigenvalue weighted by molar-refractivity contribution is -0.0511. The van der Waals surface area contributed by atoms with E-state index in [0.717, 1.165) is 5.56 Å². The van der Waals surface area contributed by atoms with Gasteiger partial charge >= 0.3 is 0 Å². The van der Waals surface area contributed by atoms with Gasteiger partial charge in [0.2, 0.25) is 5.75 Å². The molecule has 0 saturated carbocycles. The van der Waals surface area contributed by atoms with E-state index in [-0.39, 0.29) is 0 Å². The van der Waals surface area contributed by atoms with Crippen LogP contribution in [0.2, 0.25) is 0 Å². The summed E-state index contributed by atoms with van der Waals surface area (Å²) < 4.78 is 23.2. The van der Waals surface area contributed by atoms with Crippen molar-refractivity contribution in [3.8, 4) is 17.2 Å². The maximum atomic E-state index is 10.3. The molecule has 1 aliphatic heterocycles. The number of hydrogen-bond acceptors (Lipinski definition) is 11. The van der Waals surface area contributed by atoms with Crippen LogP contribution in [-0.4, -0.2) is 81.1 Å². The van der Waals surface area contributed by atoms with Crippen molar-refractivity contribution in [2.75, 3.05) is 33.3 Å². The van der Waals surface area contributed by atoms with E-state index in [1.165, 1.54) is 17.2 Å². The summed E-state index contributed by atoms with van der Waals surface area (Å²) >= 11 is 0. The number of anilines is 1. The Labute approximate surface area is 183 Å². The molecule has 172 valence electrons. The molecule has 1 unspecified atom stereocenters. The smallest absolute Gasteiger partial charge is 0.203 e. The van der Waals surface area contributed by atoms with E-state index >= 15 is 0 Å². The molecular weight excluding hydrogens is 422 g/mol. The van der Waals surface area contributed by atoms with Gasteiger partial charge in [0.15, 0.2) is 34.7 Å². The molecule has 1 fully saturated rings. The van der Waals surface area contributed by atoms with Gasteiger partial charge in [-0.3, -0.25) is 4.57 Å². The number of methoxy groups -OCH3 is 3. The zero-order valence-corrected chi connectivity index (χ0v) is 17.8. The normalized spacial score (nSPS) is 22.8. The minimum Gasteiger partial charge on any atom is -0.493 e. The van der Waals surface area contributed by atoms with E-state index in [4.69, 9.17) is 18.9 Å². The van der Waals surface area contributed by atoms with E-state index in [1.54, 1.807) is 21.3 Å². The first-order valence-corrected chi connectivity index (χ1v) is 9.85. The number of imidazole rings is 1. The average molecular weight is 447 g/mol. The third-order valence-corrected chi connectivity index (χ3v) is 5.33. The van der Waals surface area contributed by atoms with E-state index in [0.29, 0.717) is 40.8 Å².